The molecule has 0 aliphatic rings. The lowest BCUT2D eigenvalue weighted by molar-refractivity contribution is 0.201. The molecule has 1 heterocycles. The number of carbonyl (C=O) groups excluding carboxylic acids is 1. The molecule has 0 unspecified atom stereocenters. The van der Waals surface area contributed by atoms with E-state index < -0.39 is 5.41 Å². The Morgan fingerprint density at radius 1 is 1.36 bits per heavy atom. The summed E-state index contributed by atoms with van der Waals surface area (Å²) in [6, 6.07) is 8.05. The number of rotatable bonds is 7. The van der Waals surface area contributed by atoms with E-state index in [4.69, 9.17) is 4.74 Å². The van der Waals surface area contributed by atoms with Gasteiger partial charge in [0.2, 0.25) is 0 Å². The smallest absolute Gasteiger partial charge is 0.320 e. The van der Waals surface area contributed by atoms with Crippen molar-refractivity contribution in [2.45, 2.75) is 25.7 Å². The van der Waals surface area contributed by atoms with Gasteiger partial charge in [-0.25, -0.2) is 9.18 Å². The zero-order valence-electron chi connectivity index (χ0n) is 15.1. The van der Waals surface area contributed by atoms with E-state index in [1.54, 1.807) is 43.1 Å². The Balaban J connectivity index is 1.94. The van der Waals surface area contributed by atoms with Gasteiger partial charge in [-0.1, -0.05) is 32.0 Å². The first-order chi connectivity index (χ1) is 11.8. The SMILES string of the molecule is COCCc1cc(NC(=O)NCC(C)(C)c2ccccc2F)n(C)n1. The Kier molecular flexibility index (Phi) is 6.14. The van der Waals surface area contributed by atoms with E-state index in [0.29, 0.717) is 31.0 Å². The van der Waals surface area contributed by atoms with Crippen LogP contribution in [-0.4, -0.2) is 36.1 Å². The third-order valence-electron chi connectivity index (χ3n) is 4.03. The average molecular weight is 348 g/mol. The predicted molar refractivity (Wildman–Crippen MR) is 95.2 cm³/mol. The summed E-state index contributed by atoms with van der Waals surface area (Å²) in [6.45, 7) is 4.64. The molecule has 1 aromatic heterocycles. The highest BCUT2D eigenvalue weighted by atomic mass is 19.1. The van der Waals surface area contributed by atoms with Crippen molar-refractivity contribution in [1.82, 2.24) is 15.1 Å². The first-order valence-electron chi connectivity index (χ1n) is 8.15. The summed E-state index contributed by atoms with van der Waals surface area (Å²) < 4.78 is 20.6. The van der Waals surface area contributed by atoms with Crippen molar-refractivity contribution < 1.29 is 13.9 Å². The molecule has 0 spiro atoms. The molecule has 2 aromatic rings. The number of ether oxygens (including phenoxy) is 1. The van der Waals surface area contributed by atoms with Crippen LogP contribution in [0.5, 0.6) is 0 Å². The van der Waals surface area contributed by atoms with E-state index in [9.17, 15) is 9.18 Å². The number of urea groups is 1. The third-order valence-corrected chi connectivity index (χ3v) is 4.03. The fourth-order valence-corrected chi connectivity index (χ4v) is 2.54. The summed E-state index contributed by atoms with van der Waals surface area (Å²) in [7, 11) is 3.39. The van der Waals surface area contributed by atoms with Crippen molar-refractivity contribution >= 4 is 11.8 Å². The van der Waals surface area contributed by atoms with Gasteiger partial charge in [0.1, 0.15) is 11.6 Å². The molecule has 0 radical (unpaired) electrons. The molecule has 0 bridgehead atoms. The number of aryl methyl sites for hydroxylation is 1. The fraction of sp³-hybridized carbons (Fsp3) is 0.444. The van der Waals surface area contributed by atoms with Crippen LogP contribution in [0.3, 0.4) is 0 Å². The molecular weight excluding hydrogens is 323 g/mol. The van der Waals surface area contributed by atoms with E-state index in [2.05, 4.69) is 15.7 Å². The van der Waals surface area contributed by atoms with E-state index in [1.165, 1.54) is 6.07 Å². The normalized spacial score (nSPS) is 11.4. The van der Waals surface area contributed by atoms with Crippen molar-refractivity contribution in [3.63, 3.8) is 0 Å². The maximum Gasteiger partial charge on any atom is 0.320 e. The molecule has 0 aliphatic heterocycles. The summed E-state index contributed by atoms with van der Waals surface area (Å²) in [5.74, 6) is 0.316. The lowest BCUT2D eigenvalue weighted by Crippen LogP contribution is -2.39. The molecule has 2 amide bonds. The number of amides is 2. The number of carbonyl (C=O) groups is 1. The van der Waals surface area contributed by atoms with E-state index >= 15 is 0 Å². The monoisotopic (exact) mass is 348 g/mol. The Morgan fingerprint density at radius 2 is 2.08 bits per heavy atom. The molecule has 0 atom stereocenters. The summed E-state index contributed by atoms with van der Waals surface area (Å²) >= 11 is 0. The molecule has 0 saturated carbocycles. The molecule has 2 N–H and O–H groups in total. The van der Waals surface area contributed by atoms with Gasteiger partial charge in [0.25, 0.3) is 0 Å². The number of hydrogen-bond acceptors (Lipinski definition) is 3. The van der Waals surface area contributed by atoms with Crippen LogP contribution in [0.1, 0.15) is 25.1 Å². The first-order valence-corrected chi connectivity index (χ1v) is 8.15. The summed E-state index contributed by atoms with van der Waals surface area (Å²) in [6.07, 6.45) is 0.675. The van der Waals surface area contributed by atoms with Crippen LogP contribution in [-0.2, 0) is 23.6 Å². The highest BCUT2D eigenvalue weighted by Crippen LogP contribution is 2.24. The second-order valence-electron chi connectivity index (χ2n) is 6.56. The van der Waals surface area contributed by atoms with Crippen LogP contribution < -0.4 is 10.6 Å². The van der Waals surface area contributed by atoms with Gasteiger partial charge in [-0.05, 0) is 11.6 Å². The van der Waals surface area contributed by atoms with Crippen LogP contribution >= 0.6 is 0 Å². The molecule has 1 aromatic carbocycles. The first kappa shape index (κ1) is 18.9. The van der Waals surface area contributed by atoms with Crippen molar-refractivity contribution in [3.05, 3.63) is 47.4 Å². The maximum absolute atomic E-state index is 14.0. The van der Waals surface area contributed by atoms with Crippen LogP contribution in [0.2, 0.25) is 0 Å². The zero-order valence-corrected chi connectivity index (χ0v) is 15.1. The van der Waals surface area contributed by atoms with Crippen LogP contribution in [0.15, 0.2) is 30.3 Å². The number of halogens is 1. The minimum Gasteiger partial charge on any atom is -0.384 e. The van der Waals surface area contributed by atoms with Gasteiger partial charge >= 0.3 is 6.03 Å². The summed E-state index contributed by atoms with van der Waals surface area (Å²) in [5.41, 5.74) is 0.878. The van der Waals surface area contributed by atoms with Gasteiger partial charge in [-0.15, -0.1) is 0 Å². The average Bonchev–Trinajstić information content (AvgIpc) is 2.91. The van der Waals surface area contributed by atoms with Gasteiger partial charge in [-0.3, -0.25) is 10.00 Å². The zero-order chi connectivity index (χ0) is 18.4. The topological polar surface area (TPSA) is 68.2 Å². The Labute approximate surface area is 147 Å². The van der Waals surface area contributed by atoms with Crippen LogP contribution in [0.25, 0.3) is 0 Å². The van der Waals surface area contributed by atoms with Crippen LogP contribution in [0, 0.1) is 5.82 Å². The van der Waals surface area contributed by atoms with Gasteiger partial charge in [0.05, 0.1) is 12.3 Å². The number of nitrogens with one attached hydrogen (secondary N) is 2. The maximum atomic E-state index is 14.0. The van der Waals surface area contributed by atoms with Gasteiger partial charge < -0.3 is 10.1 Å². The molecule has 0 aliphatic carbocycles. The summed E-state index contributed by atoms with van der Waals surface area (Å²) in [4.78, 5) is 12.2. The third kappa shape index (κ3) is 5.03. The van der Waals surface area contributed by atoms with Crippen molar-refractivity contribution in [2.75, 3.05) is 25.6 Å². The van der Waals surface area contributed by atoms with Gasteiger partial charge in [0.15, 0.2) is 0 Å². The lowest BCUT2D eigenvalue weighted by Gasteiger charge is -2.26. The largest absolute Gasteiger partial charge is 0.384 e. The number of aromatic nitrogens is 2. The Morgan fingerprint density at radius 3 is 2.76 bits per heavy atom. The highest BCUT2D eigenvalue weighted by Gasteiger charge is 2.24. The van der Waals surface area contributed by atoms with E-state index in [-0.39, 0.29) is 11.8 Å². The molecule has 0 saturated heterocycles. The molecule has 7 heteroatoms. The predicted octanol–water partition coefficient (Wildman–Crippen LogP) is 2.85. The molecule has 136 valence electrons. The molecular formula is C18H25FN4O2. The number of benzene rings is 1. The second kappa shape index (κ2) is 8.11. The standard InChI is InChI=1S/C18H25FN4O2/c1-18(2,14-7-5-6-8-15(14)19)12-20-17(24)21-16-11-13(9-10-25-4)22-23(16)3/h5-8,11H,9-10,12H2,1-4H3,(H2,20,21,24). The van der Waals surface area contributed by atoms with E-state index in [0.717, 1.165) is 5.69 Å². The highest BCUT2D eigenvalue weighted by molar-refractivity contribution is 5.88. The summed E-state index contributed by atoms with van der Waals surface area (Å²) in [5, 5.41) is 9.87. The van der Waals surface area contributed by atoms with Gasteiger partial charge in [-0.2, -0.15) is 5.10 Å². The number of hydrogen-bond donors (Lipinski definition) is 2. The second-order valence-corrected chi connectivity index (χ2v) is 6.56. The van der Waals surface area contributed by atoms with Crippen LogP contribution in [0.4, 0.5) is 15.0 Å². The molecule has 25 heavy (non-hydrogen) atoms. The van der Waals surface area contributed by atoms with E-state index in [1.807, 2.05) is 13.8 Å². The lowest BCUT2D eigenvalue weighted by atomic mass is 9.84. The quantitative estimate of drug-likeness (QED) is 0.808. The van der Waals surface area contributed by atoms with Crippen molar-refractivity contribution in [3.8, 4) is 0 Å². The molecule has 2 rings (SSSR count). The Bertz CT molecular complexity index is 728. The fourth-order valence-electron chi connectivity index (χ4n) is 2.54. The van der Waals surface area contributed by atoms with Crippen molar-refractivity contribution in [2.24, 2.45) is 7.05 Å². The number of methoxy groups -OCH3 is 1. The Hall–Kier alpha value is -2.41. The number of anilines is 1. The minimum absolute atomic E-state index is 0.274. The minimum atomic E-state index is -0.529. The molecule has 0 fully saturated rings. The van der Waals surface area contributed by atoms with Gasteiger partial charge in [0, 0.05) is 38.6 Å². The van der Waals surface area contributed by atoms with Crippen molar-refractivity contribution in [1.29, 1.82) is 0 Å². The molecule has 6 nitrogen and oxygen atoms in total. The number of nitrogens with zero attached hydrogens (tertiary/aromatic N) is 2.